The Kier molecular flexibility index (Phi) is 2.70. The van der Waals surface area contributed by atoms with Crippen molar-refractivity contribution < 1.29 is 8.42 Å². The van der Waals surface area contributed by atoms with Crippen molar-refractivity contribution >= 4 is 46.4 Å². The van der Waals surface area contributed by atoms with Crippen molar-refractivity contribution in [3.05, 3.63) is 35.1 Å². The fourth-order valence-corrected chi connectivity index (χ4v) is 3.65. The largest absolute Gasteiger partial charge is 0.264 e. The minimum Gasteiger partial charge on any atom is -0.264 e. The molecule has 0 spiro atoms. The smallest absolute Gasteiger partial charge is 0.262 e. The first-order chi connectivity index (χ1) is 7.00. The van der Waals surface area contributed by atoms with Gasteiger partial charge in [-0.3, -0.25) is 4.98 Å². The molecule has 0 saturated heterocycles. The zero-order chi connectivity index (χ0) is 11.1. The number of nitrogens with zero attached hydrogens (tertiary/aromatic N) is 1. The normalized spacial score (nSPS) is 11.9. The monoisotopic (exact) mass is 305 g/mol. The Labute approximate surface area is 99.6 Å². The van der Waals surface area contributed by atoms with E-state index in [1.165, 1.54) is 6.07 Å². The van der Waals surface area contributed by atoms with Gasteiger partial charge in [0, 0.05) is 38.3 Å². The number of hydrogen-bond acceptors (Lipinski definition) is 3. The summed E-state index contributed by atoms with van der Waals surface area (Å²) in [7, 11) is 1.57. The molecule has 15 heavy (non-hydrogen) atoms. The molecule has 0 aliphatic heterocycles. The quantitative estimate of drug-likeness (QED) is 0.761. The molecule has 0 fully saturated rings. The van der Waals surface area contributed by atoms with Crippen molar-refractivity contribution in [2.75, 3.05) is 0 Å². The Morgan fingerprint density at radius 2 is 2.00 bits per heavy atom. The summed E-state index contributed by atoms with van der Waals surface area (Å²) in [5, 5.41) is 1.63. The predicted octanol–water partition coefficient (Wildman–Crippen LogP) is 2.92. The van der Waals surface area contributed by atoms with E-state index in [1.54, 1.807) is 24.5 Å². The van der Waals surface area contributed by atoms with E-state index in [0.717, 1.165) is 10.8 Å². The van der Waals surface area contributed by atoms with Crippen LogP contribution in [0.15, 0.2) is 40.0 Å². The van der Waals surface area contributed by atoms with Gasteiger partial charge in [0.25, 0.3) is 9.05 Å². The van der Waals surface area contributed by atoms with Gasteiger partial charge in [-0.15, -0.1) is 0 Å². The molecule has 0 unspecified atom stereocenters. The van der Waals surface area contributed by atoms with Crippen molar-refractivity contribution in [1.29, 1.82) is 0 Å². The second-order valence-corrected chi connectivity index (χ2v) is 6.24. The van der Waals surface area contributed by atoms with Crippen molar-refractivity contribution in [2.45, 2.75) is 4.90 Å². The Balaban J connectivity index is 2.88. The molecule has 2 rings (SSSR count). The number of halogens is 2. The zero-order valence-electron chi connectivity index (χ0n) is 7.31. The summed E-state index contributed by atoms with van der Waals surface area (Å²) in [4.78, 5) is 4.01. The van der Waals surface area contributed by atoms with Gasteiger partial charge in [-0.25, -0.2) is 8.42 Å². The van der Waals surface area contributed by atoms with Gasteiger partial charge < -0.3 is 0 Å². The molecule has 1 aromatic carbocycles. The summed E-state index contributed by atoms with van der Waals surface area (Å²) >= 11 is 3.23. The lowest BCUT2D eigenvalue weighted by Gasteiger charge is -2.04. The van der Waals surface area contributed by atoms with Crippen LogP contribution in [0.25, 0.3) is 10.8 Å². The summed E-state index contributed by atoms with van der Waals surface area (Å²) in [5.41, 5.74) is 0. The Bertz CT molecular complexity index is 627. The first-order valence-corrected chi connectivity index (χ1v) is 7.07. The van der Waals surface area contributed by atoms with Crippen molar-refractivity contribution in [1.82, 2.24) is 4.98 Å². The molecular weight excluding hydrogens is 302 g/mol. The molecule has 0 saturated carbocycles. The van der Waals surface area contributed by atoms with Crippen molar-refractivity contribution in [2.24, 2.45) is 0 Å². The van der Waals surface area contributed by atoms with E-state index in [9.17, 15) is 8.42 Å². The molecule has 0 amide bonds. The molecule has 3 nitrogen and oxygen atoms in total. The number of benzene rings is 1. The molecular formula is C9H5BrClNO2S. The molecule has 0 bridgehead atoms. The summed E-state index contributed by atoms with van der Waals surface area (Å²) < 4.78 is 22.9. The lowest BCUT2D eigenvalue weighted by Crippen LogP contribution is -1.92. The average molecular weight is 307 g/mol. The summed E-state index contributed by atoms with van der Waals surface area (Å²) in [5.74, 6) is 0. The Morgan fingerprint density at radius 1 is 1.27 bits per heavy atom. The SMILES string of the molecule is O=S(=O)(Cl)c1ccc2cnccc2c1Br. The minimum atomic E-state index is -3.72. The topological polar surface area (TPSA) is 47.0 Å². The molecule has 1 aromatic heterocycles. The van der Waals surface area contributed by atoms with Crippen molar-refractivity contribution in [3.8, 4) is 0 Å². The third-order valence-electron chi connectivity index (χ3n) is 1.98. The van der Waals surface area contributed by atoms with E-state index < -0.39 is 9.05 Å². The lowest BCUT2D eigenvalue weighted by atomic mass is 10.2. The van der Waals surface area contributed by atoms with Crippen LogP contribution in [0.5, 0.6) is 0 Å². The van der Waals surface area contributed by atoms with E-state index in [1.807, 2.05) is 0 Å². The first kappa shape index (κ1) is 10.9. The van der Waals surface area contributed by atoms with Crippen LogP contribution < -0.4 is 0 Å². The fourth-order valence-electron chi connectivity index (χ4n) is 1.30. The highest BCUT2D eigenvalue weighted by molar-refractivity contribution is 9.10. The molecule has 0 N–H and O–H groups in total. The molecule has 0 aliphatic carbocycles. The standard InChI is InChI=1S/C9H5BrClNO2S/c10-9-7-3-4-12-5-6(7)1-2-8(9)15(11,13)14/h1-5H. The first-order valence-electron chi connectivity index (χ1n) is 3.97. The summed E-state index contributed by atoms with van der Waals surface area (Å²) in [6.45, 7) is 0. The molecule has 2 aromatic rings. The summed E-state index contributed by atoms with van der Waals surface area (Å²) in [6.07, 6.45) is 3.25. The third-order valence-corrected chi connectivity index (χ3v) is 4.46. The maximum absolute atomic E-state index is 11.2. The van der Waals surface area contributed by atoms with E-state index in [-0.39, 0.29) is 4.90 Å². The van der Waals surface area contributed by atoms with E-state index in [2.05, 4.69) is 20.9 Å². The zero-order valence-corrected chi connectivity index (χ0v) is 10.5. The molecule has 0 atom stereocenters. The minimum absolute atomic E-state index is 0.0721. The molecule has 6 heteroatoms. The van der Waals surface area contributed by atoms with Gasteiger partial charge in [0.05, 0.1) is 4.90 Å². The number of pyridine rings is 1. The Morgan fingerprint density at radius 3 is 2.67 bits per heavy atom. The number of aromatic nitrogens is 1. The van der Waals surface area contributed by atoms with Crippen LogP contribution in [0.3, 0.4) is 0 Å². The van der Waals surface area contributed by atoms with Crippen LogP contribution >= 0.6 is 26.6 Å². The number of rotatable bonds is 1. The Hall–Kier alpha value is -0.650. The lowest BCUT2D eigenvalue weighted by molar-refractivity contribution is 0.609. The van der Waals surface area contributed by atoms with Crippen LogP contribution in [0.4, 0.5) is 0 Å². The van der Waals surface area contributed by atoms with Gasteiger partial charge in [0.15, 0.2) is 0 Å². The third kappa shape index (κ3) is 2.00. The van der Waals surface area contributed by atoms with Gasteiger partial charge in [-0.05, 0) is 28.1 Å². The van der Waals surface area contributed by atoms with Gasteiger partial charge in [0.1, 0.15) is 0 Å². The highest BCUT2D eigenvalue weighted by Gasteiger charge is 2.15. The molecule has 78 valence electrons. The van der Waals surface area contributed by atoms with Crippen LogP contribution in [0.1, 0.15) is 0 Å². The molecule has 1 heterocycles. The van der Waals surface area contributed by atoms with E-state index >= 15 is 0 Å². The average Bonchev–Trinajstić information content (AvgIpc) is 2.16. The maximum Gasteiger partial charge on any atom is 0.262 e. The van der Waals surface area contributed by atoms with Crippen LogP contribution in [0.2, 0.25) is 0 Å². The second-order valence-electron chi connectivity index (χ2n) is 2.91. The fraction of sp³-hybridized carbons (Fsp3) is 0. The molecule has 0 aliphatic rings. The predicted molar refractivity (Wildman–Crippen MR) is 62.5 cm³/mol. The van der Waals surface area contributed by atoms with Gasteiger partial charge in [-0.1, -0.05) is 6.07 Å². The maximum atomic E-state index is 11.2. The van der Waals surface area contributed by atoms with Crippen molar-refractivity contribution in [3.63, 3.8) is 0 Å². The van der Waals surface area contributed by atoms with Gasteiger partial charge in [0.2, 0.25) is 0 Å². The van der Waals surface area contributed by atoms with Gasteiger partial charge >= 0.3 is 0 Å². The van der Waals surface area contributed by atoms with E-state index in [4.69, 9.17) is 10.7 Å². The van der Waals surface area contributed by atoms with Crippen LogP contribution in [-0.2, 0) is 9.05 Å². The second kappa shape index (κ2) is 3.73. The summed E-state index contributed by atoms with van der Waals surface area (Å²) in [6, 6.07) is 4.85. The van der Waals surface area contributed by atoms with E-state index in [0.29, 0.717) is 4.47 Å². The number of hydrogen-bond donors (Lipinski definition) is 0. The van der Waals surface area contributed by atoms with Crippen LogP contribution in [-0.4, -0.2) is 13.4 Å². The number of fused-ring (bicyclic) bond motifs is 1. The highest BCUT2D eigenvalue weighted by Crippen LogP contribution is 2.31. The highest BCUT2D eigenvalue weighted by atomic mass is 79.9. The molecule has 0 radical (unpaired) electrons. The van der Waals surface area contributed by atoms with Crippen LogP contribution in [0, 0.1) is 0 Å². The van der Waals surface area contributed by atoms with Gasteiger partial charge in [-0.2, -0.15) is 0 Å².